The molecule has 3 rings (SSSR count). The Morgan fingerprint density at radius 3 is 2.79 bits per heavy atom. The van der Waals surface area contributed by atoms with Gasteiger partial charge in [0.25, 0.3) is 0 Å². The first-order chi connectivity index (χ1) is 11.7. The van der Waals surface area contributed by atoms with Crippen LogP contribution in [-0.2, 0) is 6.42 Å². The number of rotatable bonds is 5. The average Bonchev–Trinajstić information content (AvgIpc) is 3.03. The van der Waals surface area contributed by atoms with Crippen LogP contribution in [0.2, 0.25) is 0 Å². The number of nitrogens with zero attached hydrogens (tertiary/aromatic N) is 1. The highest BCUT2D eigenvalue weighted by atomic mass is 16.2. The molecule has 0 radical (unpaired) electrons. The molecule has 2 aliphatic rings. The monoisotopic (exact) mass is 329 g/mol. The fraction of sp³-hybridized carbons (Fsp3) is 0.650. The molecule has 1 heterocycles. The molecule has 24 heavy (non-hydrogen) atoms. The smallest absolute Gasteiger partial charge is 0.314 e. The summed E-state index contributed by atoms with van der Waals surface area (Å²) in [4.78, 5) is 14.3. The Morgan fingerprint density at radius 1 is 1.17 bits per heavy atom. The summed E-state index contributed by atoms with van der Waals surface area (Å²) >= 11 is 0. The van der Waals surface area contributed by atoms with Crippen LogP contribution in [0, 0.1) is 11.8 Å². The van der Waals surface area contributed by atoms with Crippen LogP contribution in [0.4, 0.5) is 4.79 Å². The summed E-state index contributed by atoms with van der Waals surface area (Å²) in [5, 5.41) is 5.83. The lowest BCUT2D eigenvalue weighted by Crippen LogP contribution is -2.47. The molecule has 3 unspecified atom stereocenters. The second kappa shape index (κ2) is 8.52. The van der Waals surface area contributed by atoms with Crippen molar-refractivity contribution in [2.75, 3.05) is 26.7 Å². The number of urea groups is 1. The Hall–Kier alpha value is -1.55. The van der Waals surface area contributed by atoms with Gasteiger partial charge in [-0.3, -0.25) is 0 Å². The number of piperidine rings is 1. The van der Waals surface area contributed by atoms with Crippen molar-refractivity contribution in [2.45, 2.75) is 44.6 Å². The molecule has 0 bridgehead atoms. The molecule has 4 nitrogen and oxygen atoms in total. The molecule has 0 spiro atoms. The van der Waals surface area contributed by atoms with Gasteiger partial charge < -0.3 is 15.5 Å². The van der Waals surface area contributed by atoms with Gasteiger partial charge in [-0.1, -0.05) is 36.8 Å². The molecule has 1 aliphatic heterocycles. The van der Waals surface area contributed by atoms with E-state index in [0.717, 1.165) is 18.9 Å². The van der Waals surface area contributed by atoms with Crippen molar-refractivity contribution < 1.29 is 4.79 Å². The van der Waals surface area contributed by atoms with Gasteiger partial charge in [0.1, 0.15) is 0 Å². The standard InChI is InChI=1S/C20H31N3O/c1-21-20(24)22-19-11-5-10-18(19)15-23-12-6-9-17(14-23)13-16-7-3-2-4-8-16/h2-4,7-8,17-19H,5-6,9-15H2,1H3,(H2,21,22,24). The minimum absolute atomic E-state index is 0.0347. The number of hydrogen-bond donors (Lipinski definition) is 2. The van der Waals surface area contributed by atoms with Gasteiger partial charge in [-0.05, 0) is 56.0 Å². The van der Waals surface area contributed by atoms with Crippen LogP contribution >= 0.6 is 0 Å². The van der Waals surface area contributed by atoms with Crippen LogP contribution < -0.4 is 10.6 Å². The molecule has 1 saturated carbocycles. The second-order valence-corrected chi connectivity index (χ2v) is 7.48. The van der Waals surface area contributed by atoms with Crippen LogP contribution in [0.5, 0.6) is 0 Å². The lowest BCUT2D eigenvalue weighted by Gasteiger charge is -2.35. The number of hydrogen-bond acceptors (Lipinski definition) is 2. The topological polar surface area (TPSA) is 44.4 Å². The Morgan fingerprint density at radius 2 is 2.00 bits per heavy atom. The van der Waals surface area contributed by atoms with E-state index in [-0.39, 0.29) is 6.03 Å². The minimum Gasteiger partial charge on any atom is -0.341 e. The van der Waals surface area contributed by atoms with Crippen molar-refractivity contribution in [1.29, 1.82) is 0 Å². The summed E-state index contributed by atoms with van der Waals surface area (Å²) in [7, 11) is 1.69. The van der Waals surface area contributed by atoms with E-state index in [1.807, 2.05) is 0 Å². The Labute approximate surface area is 146 Å². The molecule has 132 valence electrons. The molecule has 2 fully saturated rings. The first-order valence-corrected chi connectivity index (χ1v) is 9.49. The third-order valence-corrected chi connectivity index (χ3v) is 5.67. The molecule has 2 amide bonds. The number of carbonyl (C=O) groups excluding carboxylic acids is 1. The summed E-state index contributed by atoms with van der Waals surface area (Å²) in [6.07, 6.45) is 7.45. The van der Waals surface area contributed by atoms with Gasteiger partial charge in [0.05, 0.1) is 0 Å². The van der Waals surface area contributed by atoms with Gasteiger partial charge in [-0.15, -0.1) is 0 Å². The van der Waals surface area contributed by atoms with E-state index in [9.17, 15) is 4.79 Å². The molecular weight excluding hydrogens is 298 g/mol. The van der Waals surface area contributed by atoms with E-state index >= 15 is 0 Å². The highest BCUT2D eigenvalue weighted by molar-refractivity contribution is 5.73. The molecule has 1 aromatic rings. The van der Waals surface area contributed by atoms with E-state index in [1.165, 1.54) is 50.8 Å². The van der Waals surface area contributed by atoms with Gasteiger partial charge in [0.15, 0.2) is 0 Å². The summed E-state index contributed by atoms with van der Waals surface area (Å²) in [5.74, 6) is 1.38. The maximum absolute atomic E-state index is 11.6. The molecule has 1 aromatic carbocycles. The molecule has 3 atom stereocenters. The number of benzene rings is 1. The summed E-state index contributed by atoms with van der Waals surface area (Å²) < 4.78 is 0. The van der Waals surface area contributed by atoms with Crippen LogP contribution in [0.1, 0.15) is 37.7 Å². The SMILES string of the molecule is CNC(=O)NC1CCCC1CN1CCCC(Cc2ccccc2)C1. The summed E-state index contributed by atoms with van der Waals surface area (Å²) in [6.45, 7) is 3.56. The van der Waals surface area contributed by atoms with Gasteiger partial charge in [0.2, 0.25) is 0 Å². The van der Waals surface area contributed by atoms with Gasteiger partial charge in [-0.2, -0.15) is 0 Å². The molecule has 4 heteroatoms. The zero-order valence-corrected chi connectivity index (χ0v) is 14.8. The molecule has 0 aromatic heterocycles. The number of likely N-dealkylation sites (tertiary alicyclic amines) is 1. The van der Waals surface area contributed by atoms with Gasteiger partial charge >= 0.3 is 6.03 Å². The molecular formula is C20H31N3O. The number of carbonyl (C=O) groups is 1. The Bertz CT molecular complexity index is 519. The van der Waals surface area contributed by atoms with E-state index in [4.69, 9.17) is 0 Å². The zero-order valence-electron chi connectivity index (χ0n) is 14.8. The molecule has 1 aliphatic carbocycles. The fourth-order valence-electron chi connectivity index (χ4n) is 4.45. The van der Waals surface area contributed by atoms with Crippen LogP contribution in [0.25, 0.3) is 0 Å². The third kappa shape index (κ3) is 4.73. The predicted octanol–water partition coefficient (Wildman–Crippen LogP) is 3.04. The first-order valence-electron chi connectivity index (χ1n) is 9.49. The maximum Gasteiger partial charge on any atom is 0.314 e. The van der Waals surface area contributed by atoms with Crippen LogP contribution in [0.3, 0.4) is 0 Å². The third-order valence-electron chi connectivity index (χ3n) is 5.67. The predicted molar refractivity (Wildman–Crippen MR) is 98.0 cm³/mol. The fourth-order valence-corrected chi connectivity index (χ4v) is 4.45. The van der Waals surface area contributed by atoms with Crippen molar-refractivity contribution in [3.63, 3.8) is 0 Å². The lowest BCUT2D eigenvalue weighted by atomic mass is 9.90. The quantitative estimate of drug-likeness (QED) is 0.872. The summed E-state index contributed by atoms with van der Waals surface area (Å²) in [6, 6.07) is 11.2. The molecule has 2 N–H and O–H groups in total. The lowest BCUT2D eigenvalue weighted by molar-refractivity contribution is 0.144. The van der Waals surface area contributed by atoms with Gasteiger partial charge in [-0.25, -0.2) is 4.79 Å². The van der Waals surface area contributed by atoms with E-state index in [0.29, 0.717) is 12.0 Å². The average molecular weight is 329 g/mol. The largest absolute Gasteiger partial charge is 0.341 e. The van der Waals surface area contributed by atoms with Crippen LogP contribution in [-0.4, -0.2) is 43.7 Å². The highest BCUT2D eigenvalue weighted by Gasteiger charge is 2.31. The van der Waals surface area contributed by atoms with Crippen molar-refractivity contribution in [3.8, 4) is 0 Å². The van der Waals surface area contributed by atoms with E-state index in [2.05, 4.69) is 45.9 Å². The van der Waals surface area contributed by atoms with E-state index < -0.39 is 0 Å². The van der Waals surface area contributed by atoms with Crippen molar-refractivity contribution >= 4 is 6.03 Å². The minimum atomic E-state index is -0.0347. The Kier molecular flexibility index (Phi) is 6.13. The number of amides is 2. The molecule has 1 saturated heterocycles. The Balaban J connectivity index is 1.50. The summed E-state index contributed by atoms with van der Waals surface area (Å²) in [5.41, 5.74) is 1.46. The number of nitrogens with one attached hydrogen (secondary N) is 2. The van der Waals surface area contributed by atoms with Crippen molar-refractivity contribution in [1.82, 2.24) is 15.5 Å². The van der Waals surface area contributed by atoms with Crippen molar-refractivity contribution in [2.24, 2.45) is 11.8 Å². The van der Waals surface area contributed by atoms with Crippen LogP contribution in [0.15, 0.2) is 30.3 Å². The highest BCUT2D eigenvalue weighted by Crippen LogP contribution is 2.29. The van der Waals surface area contributed by atoms with Gasteiger partial charge in [0, 0.05) is 26.2 Å². The van der Waals surface area contributed by atoms with Crippen molar-refractivity contribution in [3.05, 3.63) is 35.9 Å². The first kappa shape index (κ1) is 17.3. The maximum atomic E-state index is 11.6. The second-order valence-electron chi connectivity index (χ2n) is 7.48. The normalized spacial score (nSPS) is 27.8. The zero-order chi connectivity index (χ0) is 16.8. The van der Waals surface area contributed by atoms with E-state index in [1.54, 1.807) is 7.05 Å².